The minimum atomic E-state index is 1.11. The molecule has 14 heavy (non-hydrogen) atoms. The van der Waals surface area contributed by atoms with Gasteiger partial charge in [-0.1, -0.05) is 19.8 Å². The number of hydrogen-bond acceptors (Lipinski definition) is 2. The van der Waals surface area contributed by atoms with Gasteiger partial charge in [0.25, 0.3) is 0 Å². The van der Waals surface area contributed by atoms with Gasteiger partial charge in [0.2, 0.25) is 0 Å². The maximum Gasteiger partial charge on any atom is 0.0701 e. The van der Waals surface area contributed by atoms with Crippen LogP contribution < -0.4 is 5.32 Å². The van der Waals surface area contributed by atoms with Crippen molar-refractivity contribution in [2.24, 2.45) is 0 Å². The first-order valence-corrected chi connectivity index (χ1v) is 6.89. The Morgan fingerprint density at radius 3 is 2.79 bits per heavy atom. The highest BCUT2D eigenvalue weighted by Crippen LogP contribution is 2.21. The Kier molecular flexibility index (Phi) is 6.48. The lowest BCUT2D eigenvalue weighted by Crippen LogP contribution is -2.17. The highest BCUT2D eigenvalue weighted by atomic mass is 79.9. The van der Waals surface area contributed by atoms with Gasteiger partial charge in [-0.15, -0.1) is 11.3 Å². The van der Waals surface area contributed by atoms with Crippen molar-refractivity contribution in [1.29, 1.82) is 0 Å². The molecule has 0 amide bonds. The second kappa shape index (κ2) is 7.43. The van der Waals surface area contributed by atoms with Crippen LogP contribution in [0.15, 0.2) is 15.9 Å². The normalized spacial score (nSPS) is 10.7. The Bertz CT molecular complexity index is 247. The number of unbranched alkanes of at least 4 members (excludes halogenated alkanes) is 2. The summed E-state index contributed by atoms with van der Waals surface area (Å²) in [5.41, 5.74) is 0. The molecular formula is C11H18BrNS. The zero-order chi connectivity index (χ0) is 10.2. The van der Waals surface area contributed by atoms with E-state index in [1.54, 1.807) is 0 Å². The number of halogens is 1. The van der Waals surface area contributed by atoms with Crippen molar-refractivity contribution < 1.29 is 0 Å². The second-order valence-corrected chi connectivity index (χ2v) is 5.96. The smallest absolute Gasteiger partial charge is 0.0701 e. The number of rotatable bonds is 7. The Labute approximate surface area is 99.0 Å². The molecule has 0 bridgehead atoms. The summed E-state index contributed by atoms with van der Waals surface area (Å²) >= 11 is 5.31. The summed E-state index contributed by atoms with van der Waals surface area (Å²) in [4.78, 5) is 1.46. The van der Waals surface area contributed by atoms with E-state index >= 15 is 0 Å². The molecular weight excluding hydrogens is 258 g/mol. The summed E-state index contributed by atoms with van der Waals surface area (Å²) in [6.07, 6.45) is 5.12. The number of thiophene rings is 1. The van der Waals surface area contributed by atoms with Crippen LogP contribution in [0, 0.1) is 0 Å². The van der Waals surface area contributed by atoms with Crippen molar-refractivity contribution in [2.45, 2.75) is 32.6 Å². The largest absolute Gasteiger partial charge is 0.316 e. The first-order valence-electron chi connectivity index (χ1n) is 5.28. The molecule has 0 aliphatic carbocycles. The third-order valence-corrected chi connectivity index (χ3v) is 3.82. The first kappa shape index (κ1) is 12.2. The van der Waals surface area contributed by atoms with Crippen molar-refractivity contribution in [3.63, 3.8) is 0 Å². The van der Waals surface area contributed by atoms with Crippen LogP contribution in [0.4, 0.5) is 0 Å². The molecule has 1 N–H and O–H groups in total. The lowest BCUT2D eigenvalue weighted by molar-refractivity contribution is 0.618. The van der Waals surface area contributed by atoms with E-state index in [0.29, 0.717) is 0 Å². The molecule has 0 unspecified atom stereocenters. The predicted molar refractivity (Wildman–Crippen MR) is 68.1 cm³/mol. The SMILES string of the molecule is CCCCCNCCc1ccc(Br)s1. The minimum absolute atomic E-state index is 1.11. The van der Waals surface area contributed by atoms with E-state index in [2.05, 4.69) is 40.3 Å². The fraction of sp³-hybridized carbons (Fsp3) is 0.636. The molecule has 1 aromatic rings. The highest BCUT2D eigenvalue weighted by Gasteiger charge is 1.96. The molecule has 0 aliphatic rings. The van der Waals surface area contributed by atoms with E-state index in [4.69, 9.17) is 0 Å². The van der Waals surface area contributed by atoms with Gasteiger partial charge in [-0.05, 0) is 54.0 Å². The quantitative estimate of drug-likeness (QED) is 0.746. The van der Waals surface area contributed by atoms with Crippen molar-refractivity contribution in [1.82, 2.24) is 5.32 Å². The van der Waals surface area contributed by atoms with Crippen molar-refractivity contribution >= 4 is 27.3 Å². The van der Waals surface area contributed by atoms with Gasteiger partial charge in [0, 0.05) is 4.88 Å². The maximum atomic E-state index is 3.47. The van der Waals surface area contributed by atoms with E-state index in [-0.39, 0.29) is 0 Å². The first-order chi connectivity index (χ1) is 6.83. The molecule has 0 spiro atoms. The Balaban J connectivity index is 1.99. The molecule has 1 heterocycles. The summed E-state index contributed by atoms with van der Waals surface area (Å²) in [7, 11) is 0. The molecule has 0 aromatic carbocycles. The van der Waals surface area contributed by atoms with Crippen molar-refractivity contribution in [3.05, 3.63) is 20.8 Å². The highest BCUT2D eigenvalue weighted by molar-refractivity contribution is 9.11. The average Bonchev–Trinajstić information content (AvgIpc) is 2.58. The molecule has 1 aromatic heterocycles. The van der Waals surface area contributed by atoms with Gasteiger partial charge in [-0.2, -0.15) is 0 Å². The lowest BCUT2D eigenvalue weighted by atomic mass is 10.2. The second-order valence-electron chi connectivity index (χ2n) is 3.41. The monoisotopic (exact) mass is 275 g/mol. The summed E-state index contributed by atoms with van der Waals surface area (Å²) in [5.74, 6) is 0. The van der Waals surface area contributed by atoms with E-state index in [1.165, 1.54) is 34.5 Å². The maximum absolute atomic E-state index is 3.47. The predicted octanol–water partition coefficient (Wildman–Crippen LogP) is 3.83. The zero-order valence-electron chi connectivity index (χ0n) is 8.68. The molecule has 3 heteroatoms. The van der Waals surface area contributed by atoms with Crippen LogP contribution >= 0.6 is 27.3 Å². The zero-order valence-corrected chi connectivity index (χ0v) is 11.1. The molecule has 80 valence electrons. The topological polar surface area (TPSA) is 12.0 Å². The Morgan fingerprint density at radius 2 is 2.14 bits per heavy atom. The Morgan fingerprint density at radius 1 is 1.29 bits per heavy atom. The van der Waals surface area contributed by atoms with Gasteiger partial charge in [0.1, 0.15) is 0 Å². The summed E-state index contributed by atoms with van der Waals surface area (Å²) in [6.45, 7) is 4.51. The summed E-state index contributed by atoms with van der Waals surface area (Å²) < 4.78 is 1.23. The van der Waals surface area contributed by atoms with Gasteiger partial charge < -0.3 is 5.32 Å². The fourth-order valence-electron chi connectivity index (χ4n) is 1.32. The van der Waals surface area contributed by atoms with Gasteiger partial charge in [0.05, 0.1) is 3.79 Å². The lowest BCUT2D eigenvalue weighted by Gasteiger charge is -2.02. The third-order valence-electron chi connectivity index (χ3n) is 2.13. The molecule has 0 fully saturated rings. The molecule has 1 nitrogen and oxygen atoms in total. The van der Waals surface area contributed by atoms with Crippen LogP contribution in [0.3, 0.4) is 0 Å². The van der Waals surface area contributed by atoms with Crippen LogP contribution in [0.2, 0.25) is 0 Å². The minimum Gasteiger partial charge on any atom is -0.316 e. The van der Waals surface area contributed by atoms with Crippen LogP contribution in [0.1, 0.15) is 31.1 Å². The molecule has 0 saturated heterocycles. The van der Waals surface area contributed by atoms with Gasteiger partial charge >= 0.3 is 0 Å². The van der Waals surface area contributed by atoms with E-state index in [0.717, 1.165) is 13.0 Å². The van der Waals surface area contributed by atoms with Crippen LogP contribution in [0.5, 0.6) is 0 Å². The third kappa shape index (κ3) is 5.13. The van der Waals surface area contributed by atoms with Crippen LogP contribution in [-0.2, 0) is 6.42 Å². The molecule has 0 aliphatic heterocycles. The standard InChI is InChI=1S/C11H18BrNS/c1-2-3-4-8-13-9-7-10-5-6-11(12)14-10/h5-6,13H,2-4,7-9H2,1H3. The van der Waals surface area contributed by atoms with Crippen LogP contribution in [0.25, 0.3) is 0 Å². The fourth-order valence-corrected chi connectivity index (χ4v) is 2.81. The molecule has 1 rings (SSSR count). The average molecular weight is 276 g/mol. The summed E-state index contributed by atoms with van der Waals surface area (Å²) in [6, 6.07) is 4.32. The number of hydrogen-bond donors (Lipinski definition) is 1. The van der Waals surface area contributed by atoms with Crippen LogP contribution in [-0.4, -0.2) is 13.1 Å². The number of nitrogens with one attached hydrogen (secondary N) is 1. The molecule has 0 saturated carbocycles. The van der Waals surface area contributed by atoms with E-state index < -0.39 is 0 Å². The van der Waals surface area contributed by atoms with E-state index in [9.17, 15) is 0 Å². The van der Waals surface area contributed by atoms with Crippen molar-refractivity contribution in [2.75, 3.05) is 13.1 Å². The van der Waals surface area contributed by atoms with Gasteiger partial charge in [-0.25, -0.2) is 0 Å². The van der Waals surface area contributed by atoms with Gasteiger partial charge in [0.15, 0.2) is 0 Å². The Hall–Kier alpha value is 0.140. The van der Waals surface area contributed by atoms with E-state index in [1.807, 2.05) is 11.3 Å². The summed E-state index contributed by atoms with van der Waals surface area (Å²) in [5, 5.41) is 3.47. The molecule has 0 atom stereocenters. The van der Waals surface area contributed by atoms with Crippen molar-refractivity contribution in [3.8, 4) is 0 Å². The molecule has 0 radical (unpaired) electrons. The van der Waals surface area contributed by atoms with Gasteiger partial charge in [-0.3, -0.25) is 0 Å².